The first-order valence-corrected chi connectivity index (χ1v) is 9.07. The molecule has 0 saturated heterocycles. The molecule has 21 heavy (non-hydrogen) atoms. The molecule has 0 aromatic carbocycles. The summed E-state index contributed by atoms with van der Waals surface area (Å²) < 4.78 is 32.1. The van der Waals surface area contributed by atoms with Gasteiger partial charge in [-0.2, -0.15) is 0 Å². The lowest BCUT2D eigenvalue weighted by Gasteiger charge is -2.02. The molecule has 116 valence electrons. The largest absolute Gasteiger partial charge is 0.361 e. The average molecular weight is 329 g/mol. The van der Waals surface area contributed by atoms with Gasteiger partial charge in [0, 0.05) is 12.6 Å². The van der Waals surface area contributed by atoms with E-state index in [1.807, 2.05) is 5.38 Å². The second kappa shape index (κ2) is 7.17. The Hall–Kier alpha value is -1.22. The van der Waals surface area contributed by atoms with Crippen LogP contribution in [0.1, 0.15) is 30.4 Å². The van der Waals surface area contributed by atoms with E-state index in [1.165, 1.54) is 11.3 Å². The Morgan fingerprint density at radius 1 is 1.33 bits per heavy atom. The van der Waals surface area contributed by atoms with Crippen LogP contribution < -0.4 is 10.0 Å². The molecule has 0 radical (unpaired) electrons. The van der Waals surface area contributed by atoms with Gasteiger partial charge in [-0.05, 0) is 36.9 Å². The van der Waals surface area contributed by atoms with E-state index in [4.69, 9.17) is 4.52 Å². The molecule has 2 aromatic heterocycles. The highest BCUT2D eigenvalue weighted by Crippen LogP contribution is 2.20. The van der Waals surface area contributed by atoms with Crippen LogP contribution in [0.15, 0.2) is 26.2 Å². The lowest BCUT2D eigenvalue weighted by molar-refractivity contribution is 0.390. The van der Waals surface area contributed by atoms with Crippen LogP contribution in [0.3, 0.4) is 0 Å². The fraction of sp³-hybridized carbons (Fsp3) is 0.462. The third kappa shape index (κ3) is 4.63. The van der Waals surface area contributed by atoms with Crippen molar-refractivity contribution in [3.8, 4) is 0 Å². The summed E-state index contributed by atoms with van der Waals surface area (Å²) in [7, 11) is -3.50. The summed E-state index contributed by atoms with van der Waals surface area (Å²) in [5.74, 6) is 0.657. The molecule has 0 aliphatic carbocycles. The number of nitrogens with one attached hydrogen (secondary N) is 2. The monoisotopic (exact) mass is 329 g/mol. The molecular weight excluding hydrogens is 310 g/mol. The van der Waals surface area contributed by atoms with E-state index in [-0.39, 0.29) is 6.54 Å². The van der Waals surface area contributed by atoms with E-state index >= 15 is 0 Å². The summed E-state index contributed by atoms with van der Waals surface area (Å²) in [5, 5.41) is 8.86. The summed E-state index contributed by atoms with van der Waals surface area (Å²) in [6.45, 7) is 5.58. The molecule has 2 N–H and O–H groups in total. The number of nitrogens with zero attached hydrogens (tertiary/aromatic N) is 1. The molecule has 0 bridgehead atoms. The van der Waals surface area contributed by atoms with Crippen molar-refractivity contribution >= 4 is 21.4 Å². The number of thiophene rings is 1. The molecule has 2 heterocycles. The van der Waals surface area contributed by atoms with Crippen molar-refractivity contribution in [2.24, 2.45) is 0 Å². The smallest absolute Gasteiger partial charge is 0.250 e. The second-order valence-corrected chi connectivity index (χ2v) is 7.61. The van der Waals surface area contributed by atoms with Crippen LogP contribution in [0, 0.1) is 6.92 Å². The third-order valence-corrected chi connectivity index (χ3v) is 5.66. The van der Waals surface area contributed by atoms with Crippen LogP contribution in [0.2, 0.25) is 0 Å². The summed E-state index contributed by atoms with van der Waals surface area (Å²) >= 11 is 1.22. The van der Waals surface area contributed by atoms with Gasteiger partial charge in [0.05, 0.1) is 12.2 Å². The molecule has 6 nitrogen and oxygen atoms in total. The van der Waals surface area contributed by atoms with Crippen LogP contribution in [0.5, 0.6) is 0 Å². The predicted octanol–water partition coefficient (Wildman–Crippen LogP) is 2.02. The van der Waals surface area contributed by atoms with Crippen LogP contribution in [-0.2, 0) is 23.1 Å². The lowest BCUT2D eigenvalue weighted by atomic mass is 10.3. The molecule has 0 unspecified atom stereocenters. The van der Waals surface area contributed by atoms with Gasteiger partial charge in [-0.15, -0.1) is 11.3 Å². The first-order valence-electron chi connectivity index (χ1n) is 6.71. The van der Waals surface area contributed by atoms with Crippen LogP contribution in [0.25, 0.3) is 0 Å². The molecule has 0 amide bonds. The van der Waals surface area contributed by atoms with Crippen molar-refractivity contribution in [1.29, 1.82) is 0 Å². The molecule has 2 aromatic rings. The topological polar surface area (TPSA) is 84.2 Å². The minimum atomic E-state index is -3.50. The van der Waals surface area contributed by atoms with Gasteiger partial charge in [0.15, 0.2) is 0 Å². The fourth-order valence-corrected chi connectivity index (χ4v) is 3.99. The van der Waals surface area contributed by atoms with E-state index in [1.54, 1.807) is 19.1 Å². The lowest BCUT2D eigenvalue weighted by Crippen LogP contribution is -2.22. The maximum absolute atomic E-state index is 12.2. The van der Waals surface area contributed by atoms with Gasteiger partial charge in [-0.1, -0.05) is 12.1 Å². The summed E-state index contributed by atoms with van der Waals surface area (Å²) in [4.78, 5) is 0. The zero-order valence-corrected chi connectivity index (χ0v) is 13.7. The Labute approximate surface area is 128 Å². The first kappa shape index (κ1) is 16.2. The normalized spacial score (nSPS) is 11.9. The molecule has 2 rings (SSSR count). The van der Waals surface area contributed by atoms with Crippen molar-refractivity contribution < 1.29 is 12.9 Å². The number of aryl methyl sites for hydroxylation is 1. The number of hydrogen-bond donors (Lipinski definition) is 2. The molecule has 0 atom stereocenters. The van der Waals surface area contributed by atoms with Gasteiger partial charge in [-0.25, -0.2) is 13.1 Å². The SMILES string of the molecule is CCCNCc1csc(S(=O)(=O)NCc2cc(C)on2)c1. The number of hydrogen-bond acceptors (Lipinski definition) is 6. The quantitative estimate of drug-likeness (QED) is 0.724. The Kier molecular flexibility index (Phi) is 5.51. The molecular formula is C13H19N3O3S2. The molecule has 0 spiro atoms. The van der Waals surface area contributed by atoms with Crippen molar-refractivity contribution in [2.75, 3.05) is 6.54 Å². The summed E-state index contributed by atoms with van der Waals surface area (Å²) in [5.41, 5.74) is 1.54. The van der Waals surface area contributed by atoms with E-state index in [0.29, 0.717) is 22.2 Å². The van der Waals surface area contributed by atoms with Gasteiger partial charge in [0.25, 0.3) is 0 Å². The number of rotatable bonds is 8. The van der Waals surface area contributed by atoms with Gasteiger partial charge in [-0.3, -0.25) is 0 Å². The van der Waals surface area contributed by atoms with Gasteiger partial charge < -0.3 is 9.84 Å². The van der Waals surface area contributed by atoms with Crippen molar-refractivity contribution in [3.63, 3.8) is 0 Å². The predicted molar refractivity (Wildman–Crippen MR) is 81.6 cm³/mol. The molecule has 8 heteroatoms. The Balaban J connectivity index is 1.95. The van der Waals surface area contributed by atoms with E-state index in [9.17, 15) is 8.42 Å². The number of sulfonamides is 1. The maximum atomic E-state index is 12.2. The molecule has 0 fully saturated rings. The fourth-order valence-electron chi connectivity index (χ4n) is 1.74. The maximum Gasteiger partial charge on any atom is 0.250 e. The molecule has 0 aliphatic rings. The van der Waals surface area contributed by atoms with E-state index < -0.39 is 10.0 Å². The average Bonchev–Trinajstić information content (AvgIpc) is 3.06. The Morgan fingerprint density at radius 3 is 2.81 bits per heavy atom. The van der Waals surface area contributed by atoms with Crippen molar-refractivity contribution in [3.05, 3.63) is 34.5 Å². The highest BCUT2D eigenvalue weighted by Gasteiger charge is 2.17. The highest BCUT2D eigenvalue weighted by atomic mass is 32.2. The van der Waals surface area contributed by atoms with E-state index in [2.05, 4.69) is 22.1 Å². The zero-order chi connectivity index (χ0) is 15.3. The Bertz CT molecular complexity index is 676. The van der Waals surface area contributed by atoms with Crippen LogP contribution in [-0.4, -0.2) is 20.1 Å². The van der Waals surface area contributed by atoms with Gasteiger partial charge in [0.2, 0.25) is 10.0 Å². The van der Waals surface area contributed by atoms with Crippen molar-refractivity contribution in [1.82, 2.24) is 15.2 Å². The standard InChI is InChI=1S/C13H19N3O3S2/c1-3-4-14-7-11-6-13(20-9-11)21(17,18)15-8-12-5-10(2)19-16-12/h5-6,9,14-15H,3-4,7-8H2,1-2H3. The number of aromatic nitrogens is 1. The van der Waals surface area contributed by atoms with Crippen molar-refractivity contribution in [2.45, 2.75) is 37.6 Å². The van der Waals surface area contributed by atoms with E-state index in [0.717, 1.165) is 18.5 Å². The summed E-state index contributed by atoms with van der Waals surface area (Å²) in [6, 6.07) is 3.40. The van der Waals surface area contributed by atoms with Crippen LogP contribution >= 0.6 is 11.3 Å². The Morgan fingerprint density at radius 2 is 2.14 bits per heavy atom. The summed E-state index contributed by atoms with van der Waals surface area (Å²) in [6.07, 6.45) is 1.05. The van der Waals surface area contributed by atoms with Gasteiger partial charge >= 0.3 is 0 Å². The molecule has 0 saturated carbocycles. The van der Waals surface area contributed by atoms with Crippen LogP contribution in [0.4, 0.5) is 0 Å². The third-order valence-electron chi connectivity index (χ3n) is 2.77. The zero-order valence-electron chi connectivity index (χ0n) is 12.0. The molecule has 0 aliphatic heterocycles. The van der Waals surface area contributed by atoms with Gasteiger partial charge in [0.1, 0.15) is 9.97 Å². The first-order chi connectivity index (χ1) is 10.0. The second-order valence-electron chi connectivity index (χ2n) is 4.70. The highest BCUT2D eigenvalue weighted by molar-refractivity contribution is 7.91. The minimum absolute atomic E-state index is 0.126. The minimum Gasteiger partial charge on any atom is -0.361 e.